The molecule has 7 heteroatoms. The van der Waals surface area contributed by atoms with Crippen LogP contribution in [0.2, 0.25) is 0 Å². The molecule has 0 saturated heterocycles. The normalized spacial score (nSPS) is 16.4. The van der Waals surface area contributed by atoms with Gasteiger partial charge in [-0.05, 0) is 36.5 Å². The van der Waals surface area contributed by atoms with Crippen LogP contribution in [0.3, 0.4) is 0 Å². The second kappa shape index (κ2) is 13.0. The molecule has 1 aromatic rings. The minimum absolute atomic E-state index is 0.0203. The van der Waals surface area contributed by atoms with E-state index in [9.17, 15) is 14.1 Å². The summed E-state index contributed by atoms with van der Waals surface area (Å²) in [6.45, 7) is 11.5. The first-order chi connectivity index (χ1) is 14.9. The molecule has 1 aromatic heterocycles. The van der Waals surface area contributed by atoms with Gasteiger partial charge in [-0.15, -0.1) is 0 Å². The molecule has 2 rings (SSSR count). The molecule has 31 heavy (non-hydrogen) atoms. The number of aromatic hydroxyl groups is 1. The van der Waals surface area contributed by atoms with E-state index in [1.807, 2.05) is 6.08 Å². The van der Waals surface area contributed by atoms with E-state index in [0.29, 0.717) is 30.2 Å². The Morgan fingerprint density at radius 3 is 2.90 bits per heavy atom. The molecule has 1 unspecified atom stereocenters. The van der Waals surface area contributed by atoms with Crippen LogP contribution in [-0.2, 0) is 15.6 Å². The van der Waals surface area contributed by atoms with Crippen LogP contribution >= 0.6 is 0 Å². The zero-order valence-corrected chi connectivity index (χ0v) is 19.2. The Kier molecular flexibility index (Phi) is 10.4. The summed E-state index contributed by atoms with van der Waals surface area (Å²) in [4.78, 5) is 19.3. The van der Waals surface area contributed by atoms with E-state index in [1.54, 1.807) is 18.3 Å². The van der Waals surface area contributed by atoms with Gasteiger partial charge in [-0.25, -0.2) is 0 Å². The highest BCUT2D eigenvalue weighted by atomic mass is 32.2. The van der Waals surface area contributed by atoms with Crippen molar-refractivity contribution in [3.8, 4) is 5.75 Å². The van der Waals surface area contributed by atoms with Gasteiger partial charge in [0.1, 0.15) is 5.75 Å². The summed E-state index contributed by atoms with van der Waals surface area (Å²) in [5.41, 5.74) is 1.41. The maximum Gasteiger partial charge on any atom is 0.244 e. The molecule has 0 aromatic carbocycles. The van der Waals surface area contributed by atoms with Crippen molar-refractivity contribution < 1.29 is 14.1 Å². The number of hydrogen-bond acceptors (Lipinski definition) is 5. The highest BCUT2D eigenvalue weighted by Gasteiger charge is 2.16. The van der Waals surface area contributed by atoms with E-state index in [0.717, 1.165) is 36.5 Å². The Labute approximate surface area is 187 Å². The van der Waals surface area contributed by atoms with Crippen LogP contribution < -0.4 is 5.32 Å². The third-order valence-electron chi connectivity index (χ3n) is 4.85. The van der Waals surface area contributed by atoms with Gasteiger partial charge in [0.05, 0.1) is 6.20 Å². The van der Waals surface area contributed by atoms with E-state index in [1.165, 1.54) is 18.3 Å². The Morgan fingerprint density at radius 1 is 1.45 bits per heavy atom. The topological polar surface area (TPSA) is 82.5 Å². The van der Waals surface area contributed by atoms with Gasteiger partial charge in [-0.2, -0.15) is 0 Å². The highest BCUT2D eigenvalue weighted by molar-refractivity contribution is 7.88. The first-order valence-electron chi connectivity index (χ1n) is 10.6. The Balaban J connectivity index is 1.76. The van der Waals surface area contributed by atoms with Gasteiger partial charge in [-0.3, -0.25) is 18.9 Å². The van der Waals surface area contributed by atoms with Gasteiger partial charge in [0.2, 0.25) is 5.91 Å². The van der Waals surface area contributed by atoms with Crippen molar-refractivity contribution in [3.63, 3.8) is 0 Å². The number of hydrogen-bond donors (Lipinski definition) is 2. The van der Waals surface area contributed by atoms with Gasteiger partial charge >= 0.3 is 0 Å². The number of allylic oxidation sites excluding steroid dienone is 1. The van der Waals surface area contributed by atoms with Crippen molar-refractivity contribution in [3.05, 3.63) is 65.4 Å². The van der Waals surface area contributed by atoms with Gasteiger partial charge in [0.15, 0.2) is 0 Å². The van der Waals surface area contributed by atoms with Crippen molar-refractivity contribution >= 4 is 22.8 Å². The van der Waals surface area contributed by atoms with E-state index < -0.39 is 10.8 Å². The van der Waals surface area contributed by atoms with Crippen molar-refractivity contribution in [2.45, 2.75) is 26.7 Å². The number of carbonyl (C=O) groups excluding carboxylic acids is 1. The standard InChI is InChI=1S/C24H33N3O3S/c1-4-20(16-26-24(29)8-7-21-9-12-25-17-23(21)28)6-5-15-31(30)22-10-13-27(14-11-22)18-19(2)3/h4,6-10,12,17,19,28H,1,5,11,13-16,18H2,2-3H3,(H,26,29)/b8-7?,20-6+. The largest absolute Gasteiger partial charge is 0.506 e. The molecule has 0 saturated carbocycles. The smallest absolute Gasteiger partial charge is 0.244 e. The second-order valence-electron chi connectivity index (χ2n) is 7.88. The molecule has 2 heterocycles. The predicted octanol–water partition coefficient (Wildman–Crippen LogP) is 3.41. The van der Waals surface area contributed by atoms with E-state index in [2.05, 4.69) is 41.7 Å². The molecule has 6 nitrogen and oxygen atoms in total. The van der Waals surface area contributed by atoms with Crippen molar-refractivity contribution in [1.29, 1.82) is 0 Å². The van der Waals surface area contributed by atoms with E-state index in [4.69, 9.17) is 0 Å². The fourth-order valence-corrected chi connectivity index (χ4v) is 4.42. The third-order valence-corrected chi connectivity index (χ3v) is 6.42. The van der Waals surface area contributed by atoms with Crippen LogP contribution in [0.25, 0.3) is 6.08 Å². The molecule has 2 N–H and O–H groups in total. The average Bonchev–Trinajstić information content (AvgIpc) is 2.75. The molecular formula is C24H33N3O3S. The number of amides is 1. The predicted molar refractivity (Wildman–Crippen MR) is 128 cm³/mol. The Hall–Kier alpha value is -2.51. The number of nitrogens with one attached hydrogen (secondary N) is 1. The van der Waals surface area contributed by atoms with Gasteiger partial charge in [0, 0.05) is 65.5 Å². The van der Waals surface area contributed by atoms with Crippen LogP contribution in [-0.4, -0.2) is 57.0 Å². The minimum Gasteiger partial charge on any atom is -0.506 e. The molecule has 1 aliphatic heterocycles. The number of pyridine rings is 1. The number of nitrogens with zero attached hydrogens (tertiary/aromatic N) is 2. The zero-order valence-electron chi connectivity index (χ0n) is 18.4. The van der Waals surface area contributed by atoms with Gasteiger partial charge in [0.25, 0.3) is 0 Å². The molecular weight excluding hydrogens is 410 g/mol. The SMILES string of the molecule is C=C/C(=C\CCS(=O)C1=CCN(CC(C)C)CC1)CNC(=O)C=Cc1ccncc1O. The van der Waals surface area contributed by atoms with E-state index >= 15 is 0 Å². The Morgan fingerprint density at radius 2 is 2.26 bits per heavy atom. The van der Waals surface area contributed by atoms with Crippen molar-refractivity contribution in [2.24, 2.45) is 5.92 Å². The lowest BCUT2D eigenvalue weighted by Gasteiger charge is -2.27. The van der Waals surface area contributed by atoms with Crippen molar-refractivity contribution in [2.75, 3.05) is 31.9 Å². The quantitative estimate of drug-likeness (QED) is 0.405. The molecule has 0 radical (unpaired) electrons. The summed E-state index contributed by atoms with van der Waals surface area (Å²) in [6.07, 6.45) is 13.1. The van der Waals surface area contributed by atoms with Crippen LogP contribution in [0.4, 0.5) is 0 Å². The molecule has 1 amide bonds. The fourth-order valence-electron chi connectivity index (χ4n) is 3.24. The summed E-state index contributed by atoms with van der Waals surface area (Å²) in [6, 6.07) is 1.62. The zero-order chi connectivity index (χ0) is 22.6. The van der Waals surface area contributed by atoms with Gasteiger partial charge in [-0.1, -0.05) is 38.7 Å². The Bertz CT molecular complexity index is 875. The molecule has 168 valence electrons. The lowest BCUT2D eigenvalue weighted by molar-refractivity contribution is -0.116. The monoisotopic (exact) mass is 443 g/mol. The summed E-state index contributed by atoms with van der Waals surface area (Å²) in [7, 11) is -0.963. The van der Waals surface area contributed by atoms with Crippen LogP contribution in [0.15, 0.2) is 59.8 Å². The summed E-state index contributed by atoms with van der Waals surface area (Å²) < 4.78 is 12.6. The number of carbonyl (C=O) groups is 1. The van der Waals surface area contributed by atoms with Crippen LogP contribution in [0.1, 0.15) is 32.3 Å². The summed E-state index contributed by atoms with van der Waals surface area (Å²) in [5.74, 6) is 0.960. The molecule has 0 spiro atoms. The highest BCUT2D eigenvalue weighted by Crippen LogP contribution is 2.17. The van der Waals surface area contributed by atoms with Crippen LogP contribution in [0, 0.1) is 5.92 Å². The van der Waals surface area contributed by atoms with Crippen LogP contribution in [0.5, 0.6) is 5.75 Å². The molecule has 1 aliphatic rings. The number of aromatic nitrogens is 1. The van der Waals surface area contributed by atoms with Gasteiger partial charge < -0.3 is 10.4 Å². The molecule has 0 fully saturated rings. The third kappa shape index (κ3) is 9.02. The minimum atomic E-state index is -0.963. The average molecular weight is 444 g/mol. The fraction of sp³-hybridized carbons (Fsp3) is 0.417. The summed E-state index contributed by atoms with van der Waals surface area (Å²) >= 11 is 0. The lowest BCUT2D eigenvalue weighted by Crippen LogP contribution is -2.32. The van der Waals surface area contributed by atoms with E-state index in [-0.39, 0.29) is 11.7 Å². The molecule has 0 bridgehead atoms. The maximum absolute atomic E-state index is 12.6. The van der Waals surface area contributed by atoms with Crippen molar-refractivity contribution in [1.82, 2.24) is 15.2 Å². The first-order valence-corrected chi connectivity index (χ1v) is 11.9. The second-order valence-corrected chi connectivity index (χ2v) is 9.50. The molecule has 1 atom stereocenters. The number of rotatable bonds is 11. The summed E-state index contributed by atoms with van der Waals surface area (Å²) in [5, 5.41) is 12.5. The first kappa shape index (κ1) is 24.8. The molecule has 0 aliphatic carbocycles. The lowest BCUT2D eigenvalue weighted by atomic mass is 10.1. The maximum atomic E-state index is 12.6.